The molecule has 0 spiro atoms. The lowest BCUT2D eigenvalue weighted by Crippen LogP contribution is -2.64. The van der Waals surface area contributed by atoms with Gasteiger partial charge < -0.3 is 15.0 Å². The maximum atomic E-state index is 6.13. The summed E-state index contributed by atoms with van der Waals surface area (Å²) in [6, 6.07) is 20.6. The van der Waals surface area contributed by atoms with Gasteiger partial charge in [0, 0.05) is 49.3 Å². The molecule has 1 aliphatic rings. The minimum atomic E-state index is -0.0849. The van der Waals surface area contributed by atoms with Crippen LogP contribution in [0.1, 0.15) is 18.5 Å². The second-order valence-corrected chi connectivity index (χ2v) is 8.32. The fourth-order valence-electron chi connectivity index (χ4n) is 4.48. The molecule has 1 N–H and O–H groups in total. The molecule has 1 unspecified atom stereocenters. The molecule has 0 aliphatic carbocycles. The van der Waals surface area contributed by atoms with Crippen molar-refractivity contribution in [2.75, 3.05) is 38.3 Å². The van der Waals surface area contributed by atoms with Crippen molar-refractivity contribution in [3.05, 3.63) is 77.6 Å². The fourth-order valence-corrected chi connectivity index (χ4v) is 4.61. The standard InChI is InChI=1S/C24H29ClN4O/c1-30-19-24(18-26-16-17-28(24)21-11-9-20(25)10-12-21)14-5-8-23-13-15-27-29(23)22-6-3-2-4-7-22/h2-4,6-7,9-13,15,26H,5,8,14,16-19H2,1H3. The van der Waals surface area contributed by atoms with E-state index in [2.05, 4.69) is 45.6 Å². The summed E-state index contributed by atoms with van der Waals surface area (Å²) in [6.07, 6.45) is 4.92. The molecule has 4 rings (SSSR count). The van der Waals surface area contributed by atoms with E-state index in [1.807, 2.05) is 41.2 Å². The first-order valence-corrected chi connectivity index (χ1v) is 10.9. The van der Waals surface area contributed by atoms with Crippen LogP contribution in [-0.4, -0.2) is 48.7 Å². The number of ether oxygens (including phenoxy) is 1. The highest BCUT2D eigenvalue weighted by Gasteiger charge is 2.38. The van der Waals surface area contributed by atoms with Crippen LogP contribution in [0.4, 0.5) is 5.69 Å². The largest absolute Gasteiger partial charge is 0.382 e. The third kappa shape index (κ3) is 4.53. The predicted molar refractivity (Wildman–Crippen MR) is 123 cm³/mol. The SMILES string of the molecule is COCC1(CCCc2ccnn2-c2ccccc2)CNCCN1c1ccc(Cl)cc1. The van der Waals surface area contributed by atoms with Gasteiger partial charge in [-0.2, -0.15) is 5.10 Å². The molecule has 3 aromatic rings. The van der Waals surface area contributed by atoms with Crippen LogP contribution in [0.3, 0.4) is 0 Å². The number of halogens is 1. The van der Waals surface area contributed by atoms with Gasteiger partial charge in [-0.25, -0.2) is 4.68 Å². The first-order valence-electron chi connectivity index (χ1n) is 10.5. The normalized spacial score (nSPS) is 19.2. The Hall–Kier alpha value is -2.34. The van der Waals surface area contributed by atoms with E-state index in [0.29, 0.717) is 6.61 Å². The maximum Gasteiger partial charge on any atom is 0.0759 e. The van der Waals surface area contributed by atoms with E-state index >= 15 is 0 Å². The van der Waals surface area contributed by atoms with Gasteiger partial charge in [-0.1, -0.05) is 29.8 Å². The first-order chi connectivity index (χ1) is 14.7. The molecule has 0 bridgehead atoms. The average molecular weight is 425 g/mol. The van der Waals surface area contributed by atoms with E-state index in [1.165, 1.54) is 11.4 Å². The summed E-state index contributed by atoms with van der Waals surface area (Å²) < 4.78 is 7.76. The molecule has 1 fully saturated rings. The Morgan fingerprint density at radius 1 is 1.07 bits per heavy atom. The summed E-state index contributed by atoms with van der Waals surface area (Å²) in [6.45, 7) is 3.50. The van der Waals surface area contributed by atoms with Gasteiger partial charge in [-0.05, 0) is 61.7 Å². The zero-order valence-corrected chi connectivity index (χ0v) is 18.2. The van der Waals surface area contributed by atoms with Gasteiger partial charge in [-0.3, -0.25) is 0 Å². The molecule has 0 amide bonds. The molecular formula is C24H29ClN4O. The van der Waals surface area contributed by atoms with Gasteiger partial charge in [-0.15, -0.1) is 0 Å². The Morgan fingerprint density at radius 2 is 1.87 bits per heavy atom. The monoisotopic (exact) mass is 424 g/mol. The highest BCUT2D eigenvalue weighted by atomic mass is 35.5. The lowest BCUT2D eigenvalue weighted by atomic mass is 9.88. The number of aryl methyl sites for hydroxylation is 1. The third-order valence-corrected chi connectivity index (χ3v) is 6.14. The van der Waals surface area contributed by atoms with E-state index in [-0.39, 0.29) is 5.54 Å². The molecule has 2 aromatic carbocycles. The van der Waals surface area contributed by atoms with E-state index in [1.54, 1.807) is 7.11 Å². The maximum absolute atomic E-state index is 6.13. The number of piperazine rings is 1. The number of hydrogen-bond acceptors (Lipinski definition) is 4. The van der Waals surface area contributed by atoms with Crippen molar-refractivity contribution in [1.82, 2.24) is 15.1 Å². The number of rotatable bonds is 8. The molecule has 0 saturated carbocycles. The lowest BCUT2D eigenvalue weighted by Gasteiger charge is -2.49. The van der Waals surface area contributed by atoms with Gasteiger partial charge in [0.05, 0.1) is 17.8 Å². The number of hydrogen-bond donors (Lipinski definition) is 1. The molecule has 6 heteroatoms. The first kappa shape index (κ1) is 20.9. The second kappa shape index (κ2) is 9.65. The average Bonchev–Trinajstić information content (AvgIpc) is 3.24. The second-order valence-electron chi connectivity index (χ2n) is 7.89. The van der Waals surface area contributed by atoms with Crippen LogP contribution in [0.25, 0.3) is 5.69 Å². The van der Waals surface area contributed by atoms with Crippen LogP contribution in [0, 0.1) is 0 Å². The highest BCUT2D eigenvalue weighted by molar-refractivity contribution is 6.30. The molecule has 1 aliphatic heterocycles. The van der Waals surface area contributed by atoms with Gasteiger partial charge >= 0.3 is 0 Å². The zero-order chi connectivity index (χ0) is 20.8. The van der Waals surface area contributed by atoms with Crippen molar-refractivity contribution in [3.8, 4) is 5.69 Å². The van der Waals surface area contributed by atoms with Crippen LogP contribution in [-0.2, 0) is 11.2 Å². The van der Waals surface area contributed by atoms with Crippen LogP contribution >= 0.6 is 11.6 Å². The lowest BCUT2D eigenvalue weighted by molar-refractivity contribution is 0.110. The smallest absolute Gasteiger partial charge is 0.0759 e. The Bertz CT molecular complexity index is 924. The molecule has 2 heterocycles. The molecule has 30 heavy (non-hydrogen) atoms. The Labute approximate surface area is 183 Å². The van der Waals surface area contributed by atoms with Crippen LogP contribution in [0.2, 0.25) is 5.02 Å². The summed E-state index contributed by atoms with van der Waals surface area (Å²) in [5.41, 5.74) is 3.45. The van der Waals surface area contributed by atoms with Crippen LogP contribution in [0.15, 0.2) is 66.9 Å². The van der Waals surface area contributed by atoms with Crippen molar-refractivity contribution < 1.29 is 4.74 Å². The van der Waals surface area contributed by atoms with E-state index in [9.17, 15) is 0 Å². The van der Waals surface area contributed by atoms with E-state index < -0.39 is 0 Å². The number of aromatic nitrogens is 2. The summed E-state index contributed by atoms with van der Waals surface area (Å²) >= 11 is 6.13. The summed E-state index contributed by atoms with van der Waals surface area (Å²) in [5, 5.41) is 8.88. The molecule has 1 saturated heterocycles. The van der Waals surface area contributed by atoms with Gasteiger partial charge in [0.2, 0.25) is 0 Å². The van der Waals surface area contributed by atoms with E-state index in [4.69, 9.17) is 16.3 Å². The van der Waals surface area contributed by atoms with E-state index in [0.717, 1.165) is 49.6 Å². The molecule has 158 valence electrons. The van der Waals surface area contributed by atoms with Crippen LogP contribution < -0.4 is 10.2 Å². The minimum Gasteiger partial charge on any atom is -0.382 e. The van der Waals surface area contributed by atoms with Gasteiger partial charge in [0.1, 0.15) is 0 Å². The quantitative estimate of drug-likeness (QED) is 0.584. The fraction of sp³-hybridized carbons (Fsp3) is 0.375. The minimum absolute atomic E-state index is 0.0849. The molecule has 5 nitrogen and oxygen atoms in total. The van der Waals surface area contributed by atoms with Crippen LogP contribution in [0.5, 0.6) is 0 Å². The summed E-state index contributed by atoms with van der Waals surface area (Å²) in [4.78, 5) is 2.50. The van der Waals surface area contributed by atoms with Crippen molar-refractivity contribution in [3.63, 3.8) is 0 Å². The Kier molecular flexibility index (Phi) is 6.72. The topological polar surface area (TPSA) is 42.3 Å². The number of anilines is 1. The molecule has 1 aromatic heterocycles. The predicted octanol–water partition coefficient (Wildman–Crippen LogP) is 4.34. The molecule has 0 radical (unpaired) electrons. The zero-order valence-electron chi connectivity index (χ0n) is 17.4. The number of nitrogens with one attached hydrogen (secondary N) is 1. The number of para-hydroxylation sites is 1. The van der Waals surface area contributed by atoms with Crippen molar-refractivity contribution in [2.45, 2.75) is 24.8 Å². The Morgan fingerprint density at radius 3 is 2.63 bits per heavy atom. The van der Waals surface area contributed by atoms with Gasteiger partial charge in [0.15, 0.2) is 0 Å². The van der Waals surface area contributed by atoms with Crippen molar-refractivity contribution >= 4 is 17.3 Å². The third-order valence-electron chi connectivity index (χ3n) is 5.89. The number of benzene rings is 2. The van der Waals surface area contributed by atoms with Crippen molar-refractivity contribution in [2.24, 2.45) is 0 Å². The molecular weight excluding hydrogens is 396 g/mol. The molecule has 1 atom stereocenters. The highest BCUT2D eigenvalue weighted by Crippen LogP contribution is 2.31. The number of methoxy groups -OCH3 is 1. The number of nitrogens with zero attached hydrogens (tertiary/aromatic N) is 3. The summed E-state index contributed by atoms with van der Waals surface area (Å²) in [7, 11) is 1.79. The van der Waals surface area contributed by atoms with Crippen molar-refractivity contribution in [1.29, 1.82) is 0 Å². The van der Waals surface area contributed by atoms with Gasteiger partial charge in [0.25, 0.3) is 0 Å². The Balaban J connectivity index is 1.50. The summed E-state index contributed by atoms with van der Waals surface area (Å²) in [5.74, 6) is 0.